The van der Waals surface area contributed by atoms with E-state index in [-0.39, 0.29) is 24.7 Å². The number of carboxylic acids is 1. The Labute approximate surface area is 271 Å². The lowest BCUT2D eigenvalue weighted by molar-refractivity contribution is -0.142. The van der Waals surface area contributed by atoms with Crippen molar-refractivity contribution in [3.05, 3.63) is 35.9 Å². The van der Waals surface area contributed by atoms with Crippen molar-refractivity contribution in [3.63, 3.8) is 0 Å². The van der Waals surface area contributed by atoms with Crippen molar-refractivity contribution < 1.29 is 33.9 Å². The second kappa shape index (κ2) is 20.9. The molecule has 0 aliphatic carbocycles. The molecule has 0 radical (unpaired) electrons. The molecule has 0 aromatic heterocycles. The molecule has 10 N–H and O–H groups in total. The molecule has 0 aliphatic rings. The molecule has 6 unspecified atom stereocenters. The van der Waals surface area contributed by atoms with Crippen LogP contribution in [0, 0.1) is 11.8 Å². The molecule has 0 heterocycles. The van der Waals surface area contributed by atoms with Crippen LogP contribution in [-0.4, -0.2) is 83.9 Å². The number of rotatable bonds is 21. The number of nitrogens with one attached hydrogen (secondary N) is 5. The van der Waals surface area contributed by atoms with Crippen LogP contribution in [0.1, 0.15) is 72.3 Å². The third-order valence-electron chi connectivity index (χ3n) is 7.53. The first-order chi connectivity index (χ1) is 21.7. The zero-order chi connectivity index (χ0) is 34.8. The van der Waals surface area contributed by atoms with E-state index in [1.165, 1.54) is 6.92 Å². The van der Waals surface area contributed by atoms with Gasteiger partial charge in [-0.2, -0.15) is 0 Å². The van der Waals surface area contributed by atoms with E-state index in [4.69, 9.17) is 11.5 Å². The van der Waals surface area contributed by atoms with E-state index in [1.807, 2.05) is 33.8 Å². The number of hydrogen-bond acceptors (Lipinski definition) is 8. The van der Waals surface area contributed by atoms with Gasteiger partial charge in [-0.25, -0.2) is 4.79 Å². The van der Waals surface area contributed by atoms with Crippen LogP contribution >= 0.6 is 0 Å². The lowest BCUT2D eigenvalue weighted by Crippen LogP contribution is -2.59. The Kier molecular flexibility index (Phi) is 18.2. The molecule has 6 atom stereocenters. The van der Waals surface area contributed by atoms with E-state index >= 15 is 0 Å². The van der Waals surface area contributed by atoms with Crippen molar-refractivity contribution in [2.24, 2.45) is 23.3 Å². The van der Waals surface area contributed by atoms with E-state index in [1.54, 1.807) is 24.3 Å². The Morgan fingerprint density at radius 3 is 2.02 bits per heavy atom. The van der Waals surface area contributed by atoms with Crippen molar-refractivity contribution in [1.29, 1.82) is 0 Å². The minimum Gasteiger partial charge on any atom is -0.480 e. The van der Waals surface area contributed by atoms with Crippen LogP contribution in [0.2, 0.25) is 0 Å². The topological polar surface area (TPSA) is 235 Å². The lowest BCUT2D eigenvalue weighted by Gasteiger charge is -2.28. The summed E-state index contributed by atoms with van der Waals surface area (Å²) in [5.41, 5.74) is 12.2. The van der Waals surface area contributed by atoms with Crippen molar-refractivity contribution in [3.8, 4) is 0 Å². The number of hydrogen-bond donors (Lipinski definition) is 8. The van der Waals surface area contributed by atoms with Gasteiger partial charge in [-0.05, 0) is 56.6 Å². The molecule has 0 spiro atoms. The Balaban J connectivity index is 2.96. The molecule has 0 bridgehead atoms. The average molecular weight is 648 g/mol. The fraction of sp³-hybridized carbons (Fsp3) is 0.625. The van der Waals surface area contributed by atoms with Gasteiger partial charge >= 0.3 is 5.97 Å². The highest BCUT2D eigenvalue weighted by atomic mass is 16.4. The molecule has 1 rings (SSSR count). The zero-order valence-electron chi connectivity index (χ0n) is 27.6. The van der Waals surface area contributed by atoms with Crippen LogP contribution in [0.5, 0.6) is 0 Å². The molecule has 5 amide bonds. The minimum absolute atomic E-state index is 0.101. The number of benzene rings is 1. The maximum atomic E-state index is 13.5. The number of carbonyl (C=O) groups is 6. The minimum atomic E-state index is -1.20. The van der Waals surface area contributed by atoms with Crippen molar-refractivity contribution >= 4 is 35.5 Å². The van der Waals surface area contributed by atoms with E-state index in [0.717, 1.165) is 5.56 Å². The highest BCUT2D eigenvalue weighted by Crippen LogP contribution is 2.12. The molecule has 0 saturated heterocycles. The summed E-state index contributed by atoms with van der Waals surface area (Å²) in [5.74, 6) is -4.36. The molecule has 258 valence electrons. The maximum absolute atomic E-state index is 13.5. The molecule has 14 nitrogen and oxygen atoms in total. The molecule has 1 aromatic rings. The number of aliphatic carboxylic acids is 1. The number of carboxylic acid groups (broad SMARTS) is 1. The van der Waals surface area contributed by atoms with E-state index in [0.29, 0.717) is 32.2 Å². The smallest absolute Gasteiger partial charge is 0.326 e. The van der Waals surface area contributed by atoms with E-state index < -0.39 is 72.3 Å². The lowest BCUT2D eigenvalue weighted by atomic mass is 9.96. The first-order valence-corrected chi connectivity index (χ1v) is 15.9. The summed E-state index contributed by atoms with van der Waals surface area (Å²) in [6.45, 7) is 8.88. The number of unbranched alkanes of at least 4 members (excludes halogenated alkanes) is 1. The average Bonchev–Trinajstić information content (AvgIpc) is 3.01. The van der Waals surface area contributed by atoms with Gasteiger partial charge in [0.2, 0.25) is 29.5 Å². The molecule has 46 heavy (non-hydrogen) atoms. The number of amides is 5. The van der Waals surface area contributed by atoms with Crippen LogP contribution in [0.15, 0.2) is 30.3 Å². The maximum Gasteiger partial charge on any atom is 0.326 e. The largest absolute Gasteiger partial charge is 0.480 e. The van der Waals surface area contributed by atoms with Crippen molar-refractivity contribution in [2.75, 3.05) is 13.1 Å². The first kappa shape index (κ1) is 40.0. The van der Waals surface area contributed by atoms with Crippen LogP contribution in [0.4, 0.5) is 0 Å². The quantitative estimate of drug-likeness (QED) is 0.0833. The summed E-state index contributed by atoms with van der Waals surface area (Å²) in [7, 11) is 0. The van der Waals surface area contributed by atoms with Crippen LogP contribution in [0.3, 0.4) is 0 Å². The van der Waals surface area contributed by atoms with Gasteiger partial charge in [0, 0.05) is 6.42 Å². The second-order valence-corrected chi connectivity index (χ2v) is 12.0. The van der Waals surface area contributed by atoms with Crippen molar-refractivity contribution in [2.45, 2.75) is 103 Å². The van der Waals surface area contributed by atoms with E-state index in [2.05, 4.69) is 26.6 Å². The van der Waals surface area contributed by atoms with Crippen LogP contribution in [0.25, 0.3) is 0 Å². The summed E-state index contributed by atoms with van der Waals surface area (Å²) in [4.78, 5) is 76.2. The SMILES string of the molecule is CCC(C)C(NC(=O)C(N)CC(C)C)C(=O)NC(Cc1ccccc1)C(=O)NC(C)C(=O)NCC(=O)NC(CCCCN)C(=O)O. The molecule has 0 fully saturated rings. The second-order valence-electron chi connectivity index (χ2n) is 12.0. The Bertz CT molecular complexity index is 1150. The summed E-state index contributed by atoms with van der Waals surface area (Å²) in [6.07, 6.45) is 2.43. The third-order valence-corrected chi connectivity index (χ3v) is 7.53. The fourth-order valence-corrected chi connectivity index (χ4v) is 4.59. The first-order valence-electron chi connectivity index (χ1n) is 15.9. The van der Waals surface area contributed by atoms with Gasteiger partial charge in [0.25, 0.3) is 0 Å². The number of nitrogens with two attached hydrogens (primary N) is 2. The number of carbonyl (C=O) groups excluding carboxylic acids is 5. The zero-order valence-corrected chi connectivity index (χ0v) is 27.6. The summed E-state index contributed by atoms with van der Waals surface area (Å²) in [6, 6.07) is 3.90. The van der Waals surface area contributed by atoms with Gasteiger partial charge < -0.3 is 43.2 Å². The monoisotopic (exact) mass is 647 g/mol. The molecular weight excluding hydrogens is 594 g/mol. The van der Waals surface area contributed by atoms with Gasteiger partial charge in [-0.1, -0.05) is 64.4 Å². The predicted octanol–water partition coefficient (Wildman–Crippen LogP) is -0.0625. The summed E-state index contributed by atoms with van der Waals surface area (Å²) >= 11 is 0. The van der Waals surface area contributed by atoms with Gasteiger partial charge in [-0.15, -0.1) is 0 Å². The Morgan fingerprint density at radius 2 is 1.46 bits per heavy atom. The molecule has 0 saturated carbocycles. The highest BCUT2D eigenvalue weighted by molar-refractivity contribution is 5.95. The molecule has 14 heteroatoms. The standard InChI is InChI=1S/C32H53N7O7/c1-6-20(4)27(39-29(42)23(34)16-19(2)3)31(44)38-25(17-22-12-8-7-9-13-22)30(43)36-21(5)28(41)35-18-26(40)37-24(32(45)46)14-10-11-15-33/h7-9,12-13,19-21,23-25,27H,6,10-11,14-18,33-34H2,1-5H3,(H,35,41)(H,36,43)(H,37,40)(H,38,44)(H,39,42)(H,45,46). The molecule has 0 aliphatic heterocycles. The van der Waals surface area contributed by atoms with Gasteiger partial charge in [0.15, 0.2) is 0 Å². The van der Waals surface area contributed by atoms with Gasteiger partial charge in [0.05, 0.1) is 12.6 Å². The summed E-state index contributed by atoms with van der Waals surface area (Å²) in [5, 5.41) is 22.2. The summed E-state index contributed by atoms with van der Waals surface area (Å²) < 4.78 is 0. The molecular formula is C32H53N7O7. The van der Waals surface area contributed by atoms with E-state index in [9.17, 15) is 33.9 Å². The normalized spacial score (nSPS) is 15.0. The van der Waals surface area contributed by atoms with Crippen molar-refractivity contribution in [1.82, 2.24) is 26.6 Å². The predicted molar refractivity (Wildman–Crippen MR) is 174 cm³/mol. The van der Waals surface area contributed by atoms with Crippen LogP contribution in [-0.2, 0) is 35.2 Å². The van der Waals surface area contributed by atoms with Crippen LogP contribution < -0.4 is 38.1 Å². The Morgan fingerprint density at radius 1 is 0.804 bits per heavy atom. The Hall–Kier alpha value is -4.04. The van der Waals surface area contributed by atoms with Gasteiger partial charge in [-0.3, -0.25) is 24.0 Å². The van der Waals surface area contributed by atoms with Gasteiger partial charge in [0.1, 0.15) is 24.2 Å². The highest BCUT2D eigenvalue weighted by Gasteiger charge is 2.32. The molecule has 1 aromatic carbocycles. The third kappa shape index (κ3) is 14.8. The fourth-order valence-electron chi connectivity index (χ4n) is 4.59.